The van der Waals surface area contributed by atoms with E-state index in [1.807, 2.05) is 0 Å². The van der Waals surface area contributed by atoms with Crippen LogP contribution in [0.1, 0.15) is 16.8 Å². The zero-order valence-electron chi connectivity index (χ0n) is 12.6. The van der Waals surface area contributed by atoms with Gasteiger partial charge in [-0.2, -0.15) is 0 Å². The number of nitrogens with one attached hydrogen (secondary N) is 1. The van der Waals surface area contributed by atoms with Crippen LogP contribution in [-0.4, -0.2) is 16.4 Å². The second-order valence-corrected chi connectivity index (χ2v) is 6.00. The number of hydrogen-bond acceptors (Lipinski definition) is 1. The number of aromatic nitrogens is 1. The van der Waals surface area contributed by atoms with E-state index in [-0.39, 0.29) is 0 Å². The average molecular weight is 288 g/mol. The van der Waals surface area contributed by atoms with E-state index >= 15 is 0 Å². The molecule has 1 aliphatic heterocycles. The van der Waals surface area contributed by atoms with Gasteiger partial charge in [0.25, 0.3) is 0 Å². The Kier molecular flexibility index (Phi) is 3.53. The molecule has 1 aromatic heterocycles. The van der Waals surface area contributed by atoms with Crippen LogP contribution in [0, 0.1) is 0 Å². The van der Waals surface area contributed by atoms with Crippen LogP contribution in [0.15, 0.2) is 66.7 Å². The number of rotatable bonds is 3. The first-order valence-corrected chi connectivity index (χ1v) is 7.91. The molecule has 4 rings (SSSR count). The molecule has 0 amide bonds. The van der Waals surface area contributed by atoms with Crippen LogP contribution >= 0.6 is 0 Å². The maximum absolute atomic E-state index is 3.62. The van der Waals surface area contributed by atoms with Crippen molar-refractivity contribution in [2.24, 2.45) is 0 Å². The molecule has 0 radical (unpaired) electrons. The normalized spacial score (nSPS) is 14.7. The second kappa shape index (κ2) is 5.82. The molecule has 2 aromatic carbocycles. The second-order valence-electron chi connectivity index (χ2n) is 6.00. The molecule has 1 aliphatic rings. The highest BCUT2D eigenvalue weighted by Crippen LogP contribution is 2.26. The summed E-state index contributed by atoms with van der Waals surface area (Å²) in [5.74, 6) is 0. The minimum atomic E-state index is 1.01. The summed E-state index contributed by atoms with van der Waals surface area (Å²) in [7, 11) is 0. The van der Waals surface area contributed by atoms with Gasteiger partial charge in [0.2, 0.25) is 0 Å². The van der Waals surface area contributed by atoms with Crippen molar-refractivity contribution in [2.75, 3.05) is 6.54 Å². The molecule has 0 bridgehead atoms. The molecule has 0 saturated carbocycles. The van der Waals surface area contributed by atoms with Crippen molar-refractivity contribution < 1.29 is 0 Å². The van der Waals surface area contributed by atoms with Gasteiger partial charge in [-0.3, -0.25) is 4.90 Å². The van der Waals surface area contributed by atoms with E-state index < -0.39 is 0 Å². The Morgan fingerprint density at radius 2 is 1.64 bits per heavy atom. The average Bonchev–Trinajstić information content (AvgIpc) is 3.00. The van der Waals surface area contributed by atoms with Gasteiger partial charge in [-0.15, -0.1) is 0 Å². The highest BCUT2D eigenvalue weighted by atomic mass is 15.1. The monoisotopic (exact) mass is 288 g/mol. The Hall–Kier alpha value is -2.32. The molecule has 0 unspecified atom stereocenters. The van der Waals surface area contributed by atoms with Gasteiger partial charge in [-0.25, -0.2) is 0 Å². The number of nitrogens with zero attached hydrogens (tertiary/aromatic N) is 1. The van der Waals surface area contributed by atoms with E-state index in [2.05, 4.69) is 76.6 Å². The number of aromatic amines is 1. The number of H-pyrrole nitrogens is 1. The lowest BCUT2D eigenvalue weighted by Crippen LogP contribution is -2.29. The third-order valence-corrected chi connectivity index (χ3v) is 4.40. The van der Waals surface area contributed by atoms with Crippen LogP contribution in [0.25, 0.3) is 11.3 Å². The van der Waals surface area contributed by atoms with Crippen molar-refractivity contribution in [2.45, 2.75) is 19.5 Å². The van der Waals surface area contributed by atoms with Crippen molar-refractivity contribution >= 4 is 0 Å². The minimum Gasteiger partial charge on any atom is -0.357 e. The zero-order chi connectivity index (χ0) is 14.8. The van der Waals surface area contributed by atoms with Crippen LogP contribution in [0.3, 0.4) is 0 Å². The first kappa shape index (κ1) is 13.4. The molecule has 0 saturated heterocycles. The van der Waals surface area contributed by atoms with E-state index in [9.17, 15) is 0 Å². The SMILES string of the molecule is c1ccc(CN2CCc3cc(-c4ccccc4)[nH]c3C2)cc1. The third kappa shape index (κ3) is 2.70. The summed E-state index contributed by atoms with van der Waals surface area (Å²) in [6.07, 6.45) is 1.13. The molecule has 2 heterocycles. The van der Waals surface area contributed by atoms with E-state index in [0.717, 1.165) is 26.1 Å². The van der Waals surface area contributed by atoms with Gasteiger partial charge in [0, 0.05) is 31.0 Å². The van der Waals surface area contributed by atoms with Crippen molar-refractivity contribution in [1.82, 2.24) is 9.88 Å². The van der Waals surface area contributed by atoms with Crippen molar-refractivity contribution in [3.63, 3.8) is 0 Å². The predicted octanol–water partition coefficient (Wildman–Crippen LogP) is 4.24. The van der Waals surface area contributed by atoms with Gasteiger partial charge in [0.05, 0.1) is 0 Å². The third-order valence-electron chi connectivity index (χ3n) is 4.40. The summed E-state index contributed by atoms with van der Waals surface area (Å²) in [6, 6.07) is 23.6. The maximum Gasteiger partial charge on any atom is 0.0459 e. The minimum absolute atomic E-state index is 1.01. The number of benzene rings is 2. The number of hydrogen-bond donors (Lipinski definition) is 1. The van der Waals surface area contributed by atoms with E-state index in [0.29, 0.717) is 0 Å². The van der Waals surface area contributed by atoms with Gasteiger partial charge < -0.3 is 4.98 Å². The van der Waals surface area contributed by atoms with Crippen molar-refractivity contribution in [1.29, 1.82) is 0 Å². The van der Waals surface area contributed by atoms with Gasteiger partial charge in [-0.05, 0) is 29.2 Å². The first-order valence-electron chi connectivity index (χ1n) is 7.91. The standard InChI is InChI=1S/C20H20N2/c1-3-7-16(8-4-1)14-22-12-11-18-13-19(21-20(18)15-22)17-9-5-2-6-10-17/h1-10,13,21H,11-12,14-15H2. The quantitative estimate of drug-likeness (QED) is 0.763. The van der Waals surface area contributed by atoms with Gasteiger partial charge in [0.1, 0.15) is 0 Å². The van der Waals surface area contributed by atoms with Crippen molar-refractivity contribution in [3.8, 4) is 11.3 Å². The molecule has 0 spiro atoms. The predicted molar refractivity (Wildman–Crippen MR) is 90.5 cm³/mol. The fourth-order valence-corrected chi connectivity index (χ4v) is 3.24. The lowest BCUT2D eigenvalue weighted by atomic mass is 10.1. The molecular weight excluding hydrogens is 268 g/mol. The molecule has 22 heavy (non-hydrogen) atoms. The summed E-state index contributed by atoms with van der Waals surface area (Å²) in [5, 5.41) is 0. The Morgan fingerprint density at radius 1 is 0.909 bits per heavy atom. The fraction of sp³-hybridized carbons (Fsp3) is 0.200. The Bertz CT molecular complexity index is 744. The first-order chi connectivity index (χ1) is 10.9. The Labute approximate surface area is 131 Å². The summed E-state index contributed by atoms with van der Waals surface area (Å²) in [4.78, 5) is 6.14. The van der Waals surface area contributed by atoms with Crippen LogP contribution in [0.2, 0.25) is 0 Å². The topological polar surface area (TPSA) is 19.0 Å². The van der Waals surface area contributed by atoms with Gasteiger partial charge in [0.15, 0.2) is 0 Å². The Morgan fingerprint density at radius 3 is 2.41 bits per heavy atom. The zero-order valence-corrected chi connectivity index (χ0v) is 12.6. The lowest BCUT2D eigenvalue weighted by Gasteiger charge is -2.26. The van der Waals surface area contributed by atoms with Crippen LogP contribution in [-0.2, 0) is 19.5 Å². The molecule has 3 aromatic rings. The highest BCUT2D eigenvalue weighted by molar-refractivity contribution is 5.61. The number of fused-ring (bicyclic) bond motifs is 1. The Balaban J connectivity index is 1.53. The molecule has 2 heteroatoms. The summed E-state index contributed by atoms with van der Waals surface area (Å²) >= 11 is 0. The molecule has 2 nitrogen and oxygen atoms in total. The highest BCUT2D eigenvalue weighted by Gasteiger charge is 2.19. The molecule has 0 aliphatic carbocycles. The van der Waals surface area contributed by atoms with Crippen LogP contribution in [0.5, 0.6) is 0 Å². The van der Waals surface area contributed by atoms with E-state index in [4.69, 9.17) is 0 Å². The smallest absolute Gasteiger partial charge is 0.0459 e. The summed E-state index contributed by atoms with van der Waals surface area (Å²) < 4.78 is 0. The van der Waals surface area contributed by atoms with Crippen molar-refractivity contribution in [3.05, 3.63) is 83.6 Å². The summed E-state index contributed by atoms with van der Waals surface area (Å²) in [5.41, 5.74) is 6.75. The van der Waals surface area contributed by atoms with E-state index in [1.54, 1.807) is 0 Å². The maximum atomic E-state index is 3.62. The van der Waals surface area contributed by atoms with Gasteiger partial charge >= 0.3 is 0 Å². The summed E-state index contributed by atoms with van der Waals surface area (Å²) in [6.45, 7) is 3.17. The molecule has 0 atom stereocenters. The fourth-order valence-electron chi connectivity index (χ4n) is 3.24. The van der Waals surface area contributed by atoms with Gasteiger partial charge in [-0.1, -0.05) is 60.7 Å². The molecular formula is C20H20N2. The van der Waals surface area contributed by atoms with Crippen LogP contribution in [0.4, 0.5) is 0 Å². The van der Waals surface area contributed by atoms with E-state index in [1.165, 1.54) is 28.1 Å². The molecule has 0 fully saturated rings. The molecule has 110 valence electrons. The van der Waals surface area contributed by atoms with Crippen LogP contribution < -0.4 is 0 Å². The largest absolute Gasteiger partial charge is 0.357 e. The molecule has 1 N–H and O–H groups in total. The lowest BCUT2D eigenvalue weighted by molar-refractivity contribution is 0.243.